The summed E-state index contributed by atoms with van der Waals surface area (Å²) < 4.78 is 0. The lowest BCUT2D eigenvalue weighted by atomic mass is 10.2. The summed E-state index contributed by atoms with van der Waals surface area (Å²) in [6.45, 7) is 0.500. The van der Waals surface area contributed by atoms with Gasteiger partial charge in [0.2, 0.25) is 5.91 Å². The van der Waals surface area contributed by atoms with E-state index in [1.165, 1.54) is 4.90 Å². The van der Waals surface area contributed by atoms with Gasteiger partial charge in [-0.05, 0) is 43.2 Å². The van der Waals surface area contributed by atoms with Gasteiger partial charge in [0, 0.05) is 17.8 Å². The van der Waals surface area contributed by atoms with Crippen molar-refractivity contribution in [2.75, 3.05) is 17.2 Å². The molecule has 2 heterocycles. The van der Waals surface area contributed by atoms with E-state index in [1.807, 2.05) is 0 Å². The largest absolute Gasteiger partial charge is 0.323 e. The van der Waals surface area contributed by atoms with Crippen LogP contribution in [-0.4, -0.2) is 34.4 Å². The number of benzene rings is 1. The number of nitrogens with zero attached hydrogens (tertiary/aromatic N) is 2. The van der Waals surface area contributed by atoms with Crippen molar-refractivity contribution in [2.45, 2.75) is 18.9 Å². The molecule has 1 unspecified atom stereocenters. The Hall–Kier alpha value is -2.31. The zero-order chi connectivity index (χ0) is 17.8. The van der Waals surface area contributed by atoms with Crippen LogP contribution in [0.1, 0.15) is 12.8 Å². The molecule has 2 aromatic rings. The van der Waals surface area contributed by atoms with E-state index >= 15 is 0 Å². The standard InChI is InChI=1S/C17H16Cl2N4O2/c18-11-6-7-12(19)13(10-11)21-16(24)14-4-3-9-23(14)17(25)22-15-5-1-2-8-20-15/h1-2,5-8,10,14H,3-4,9H2,(H,21,24)(H,20,22,25). The molecule has 1 aromatic heterocycles. The minimum absolute atomic E-state index is 0.294. The van der Waals surface area contributed by atoms with Gasteiger partial charge in [-0.1, -0.05) is 29.3 Å². The topological polar surface area (TPSA) is 74.3 Å². The quantitative estimate of drug-likeness (QED) is 0.846. The number of nitrogens with one attached hydrogen (secondary N) is 2. The number of carbonyl (C=O) groups is 2. The first-order valence-corrected chi connectivity index (χ1v) is 8.55. The molecule has 1 fully saturated rings. The summed E-state index contributed by atoms with van der Waals surface area (Å²) in [5.41, 5.74) is 0.427. The monoisotopic (exact) mass is 378 g/mol. The van der Waals surface area contributed by atoms with Crippen molar-refractivity contribution < 1.29 is 9.59 Å². The Balaban J connectivity index is 1.69. The molecule has 3 amide bonds. The highest BCUT2D eigenvalue weighted by Gasteiger charge is 2.34. The van der Waals surface area contributed by atoms with E-state index in [2.05, 4.69) is 15.6 Å². The Kier molecular flexibility index (Phi) is 5.40. The van der Waals surface area contributed by atoms with Crippen LogP contribution >= 0.6 is 23.2 Å². The molecular formula is C17H16Cl2N4O2. The molecule has 2 N–H and O–H groups in total. The summed E-state index contributed by atoms with van der Waals surface area (Å²) >= 11 is 12.0. The number of likely N-dealkylation sites (tertiary alicyclic amines) is 1. The van der Waals surface area contributed by atoms with Crippen molar-refractivity contribution >= 4 is 46.6 Å². The Morgan fingerprint density at radius 1 is 1.16 bits per heavy atom. The van der Waals surface area contributed by atoms with Crippen molar-refractivity contribution in [3.63, 3.8) is 0 Å². The second kappa shape index (κ2) is 7.72. The normalized spacial score (nSPS) is 16.6. The molecule has 0 spiro atoms. The van der Waals surface area contributed by atoms with E-state index in [1.54, 1.807) is 42.6 Å². The van der Waals surface area contributed by atoms with Crippen LogP contribution in [0, 0.1) is 0 Å². The van der Waals surface area contributed by atoms with Gasteiger partial charge < -0.3 is 10.2 Å². The summed E-state index contributed by atoms with van der Waals surface area (Å²) in [5, 5.41) is 6.31. The zero-order valence-electron chi connectivity index (χ0n) is 13.2. The fourth-order valence-electron chi connectivity index (χ4n) is 2.71. The predicted octanol–water partition coefficient (Wildman–Crippen LogP) is 4.02. The van der Waals surface area contributed by atoms with Crippen LogP contribution in [-0.2, 0) is 4.79 Å². The van der Waals surface area contributed by atoms with Gasteiger partial charge in [0.1, 0.15) is 11.9 Å². The number of aromatic nitrogens is 1. The lowest BCUT2D eigenvalue weighted by Crippen LogP contribution is -2.45. The number of urea groups is 1. The van der Waals surface area contributed by atoms with Crippen molar-refractivity contribution in [3.05, 3.63) is 52.6 Å². The number of amides is 3. The number of hydrogen-bond donors (Lipinski definition) is 2. The Morgan fingerprint density at radius 2 is 2.00 bits per heavy atom. The van der Waals surface area contributed by atoms with Crippen molar-refractivity contribution in [1.29, 1.82) is 0 Å². The first-order chi connectivity index (χ1) is 12.0. The highest BCUT2D eigenvalue weighted by Crippen LogP contribution is 2.27. The zero-order valence-corrected chi connectivity index (χ0v) is 14.7. The van der Waals surface area contributed by atoms with Gasteiger partial charge in [-0.25, -0.2) is 9.78 Å². The number of hydrogen-bond acceptors (Lipinski definition) is 3. The van der Waals surface area contributed by atoms with E-state index in [-0.39, 0.29) is 11.9 Å². The summed E-state index contributed by atoms with van der Waals surface area (Å²) in [6, 6.07) is 9.13. The molecule has 130 valence electrons. The molecule has 1 aliphatic heterocycles. The summed E-state index contributed by atoms with van der Waals surface area (Å²) in [5.74, 6) is 0.147. The molecule has 1 aliphatic rings. The molecule has 6 nitrogen and oxygen atoms in total. The molecule has 1 saturated heterocycles. The third-order valence-corrected chi connectivity index (χ3v) is 4.47. The van der Waals surface area contributed by atoms with Crippen LogP contribution in [0.25, 0.3) is 0 Å². The van der Waals surface area contributed by atoms with Gasteiger partial charge in [-0.2, -0.15) is 0 Å². The molecule has 0 bridgehead atoms. The lowest BCUT2D eigenvalue weighted by Gasteiger charge is -2.24. The highest BCUT2D eigenvalue weighted by molar-refractivity contribution is 6.35. The van der Waals surface area contributed by atoms with E-state index in [4.69, 9.17) is 23.2 Å². The van der Waals surface area contributed by atoms with Crippen LogP contribution < -0.4 is 10.6 Å². The molecule has 8 heteroatoms. The minimum atomic E-state index is -0.571. The molecule has 3 rings (SSSR count). The second-order valence-electron chi connectivity index (χ2n) is 5.61. The Labute approximate surface area is 155 Å². The van der Waals surface area contributed by atoms with Gasteiger partial charge in [0.05, 0.1) is 10.7 Å². The molecule has 1 atom stereocenters. The number of halogens is 2. The summed E-state index contributed by atoms with van der Waals surface area (Å²) in [4.78, 5) is 30.6. The fraction of sp³-hybridized carbons (Fsp3) is 0.235. The molecular weight excluding hydrogens is 363 g/mol. The average Bonchev–Trinajstić information content (AvgIpc) is 3.09. The third-order valence-electron chi connectivity index (χ3n) is 3.90. The first-order valence-electron chi connectivity index (χ1n) is 7.79. The maximum atomic E-state index is 12.6. The van der Waals surface area contributed by atoms with Gasteiger partial charge in [0.15, 0.2) is 0 Å². The molecule has 1 aromatic carbocycles. The highest BCUT2D eigenvalue weighted by atomic mass is 35.5. The fourth-order valence-corrected chi connectivity index (χ4v) is 3.05. The molecule has 0 aliphatic carbocycles. The van der Waals surface area contributed by atoms with Crippen molar-refractivity contribution in [2.24, 2.45) is 0 Å². The van der Waals surface area contributed by atoms with Crippen molar-refractivity contribution in [1.82, 2.24) is 9.88 Å². The van der Waals surface area contributed by atoms with Gasteiger partial charge in [0.25, 0.3) is 0 Å². The number of rotatable bonds is 3. The molecule has 0 radical (unpaired) electrons. The lowest BCUT2D eigenvalue weighted by molar-refractivity contribution is -0.119. The van der Waals surface area contributed by atoms with Crippen molar-refractivity contribution in [3.8, 4) is 0 Å². The molecule has 0 saturated carbocycles. The van der Waals surface area contributed by atoms with Crippen LogP contribution in [0.15, 0.2) is 42.6 Å². The molecule has 25 heavy (non-hydrogen) atoms. The SMILES string of the molecule is O=C(Nc1cc(Cl)ccc1Cl)C1CCCN1C(=O)Nc1ccccn1. The van der Waals surface area contributed by atoms with Gasteiger partial charge >= 0.3 is 6.03 Å². The maximum Gasteiger partial charge on any atom is 0.323 e. The van der Waals surface area contributed by atoms with Crippen LogP contribution in [0.5, 0.6) is 0 Å². The van der Waals surface area contributed by atoms with Crippen LogP contribution in [0.3, 0.4) is 0 Å². The third kappa shape index (κ3) is 4.21. The van der Waals surface area contributed by atoms with E-state index in [9.17, 15) is 9.59 Å². The Morgan fingerprint density at radius 3 is 2.76 bits per heavy atom. The average molecular weight is 379 g/mol. The Bertz CT molecular complexity index is 785. The minimum Gasteiger partial charge on any atom is -0.323 e. The predicted molar refractivity (Wildman–Crippen MR) is 98.1 cm³/mol. The smallest absolute Gasteiger partial charge is 0.323 e. The summed E-state index contributed by atoms with van der Waals surface area (Å²) in [7, 11) is 0. The second-order valence-corrected chi connectivity index (χ2v) is 6.45. The van der Waals surface area contributed by atoms with E-state index < -0.39 is 6.04 Å². The van der Waals surface area contributed by atoms with Gasteiger partial charge in [-0.15, -0.1) is 0 Å². The number of carbonyl (C=O) groups excluding carboxylic acids is 2. The first kappa shape index (κ1) is 17.5. The maximum absolute atomic E-state index is 12.6. The number of anilines is 2. The van der Waals surface area contributed by atoms with Gasteiger partial charge in [-0.3, -0.25) is 10.1 Å². The van der Waals surface area contributed by atoms with Crippen LogP contribution in [0.4, 0.5) is 16.3 Å². The summed E-state index contributed by atoms with van der Waals surface area (Å²) in [6.07, 6.45) is 2.92. The van der Waals surface area contributed by atoms with Crippen LogP contribution in [0.2, 0.25) is 10.0 Å². The van der Waals surface area contributed by atoms with E-state index in [0.717, 1.165) is 6.42 Å². The number of pyridine rings is 1. The van der Waals surface area contributed by atoms with E-state index in [0.29, 0.717) is 34.5 Å².